The van der Waals surface area contributed by atoms with Crippen molar-refractivity contribution in [3.63, 3.8) is 0 Å². The lowest BCUT2D eigenvalue weighted by molar-refractivity contribution is -0.137. The highest BCUT2D eigenvalue weighted by Crippen LogP contribution is 2.31. The van der Waals surface area contributed by atoms with Crippen molar-refractivity contribution < 1.29 is 31.5 Å². The zero-order valence-electron chi connectivity index (χ0n) is 14.0. The van der Waals surface area contributed by atoms with Gasteiger partial charge in [0, 0.05) is 11.0 Å². The fraction of sp³-hybridized carbons (Fsp3) is 0.235. The molecular weight excluding hydrogens is 451 g/mol. The van der Waals surface area contributed by atoms with Gasteiger partial charge in [-0.25, -0.2) is 17.9 Å². The Kier molecular flexibility index (Phi) is 6.33. The SMILES string of the molecule is Brc1cc2ccc1=2.CCCNS(=O)(=O)c1cc(C(=O)O)cc(C(F)(F)F)c1. The lowest BCUT2D eigenvalue weighted by Gasteiger charge is -2.11. The van der Waals surface area contributed by atoms with Gasteiger partial charge in [0.25, 0.3) is 0 Å². The first-order valence-corrected chi connectivity index (χ1v) is 9.98. The average Bonchev–Trinajstić information content (AvgIpc) is 2.57. The standard InChI is InChI=1S/C11H12F3NO4S.C6H3Br/c1-2-3-15-20(18,19)9-5-7(10(16)17)4-8(6-9)11(12,13)14;7-6-3-4-1-2-5(4)6/h4-6,15H,2-3H2,1H3,(H,16,17);1-3H. The summed E-state index contributed by atoms with van der Waals surface area (Å²) in [5.41, 5.74) is -2.06. The number of rotatable bonds is 5. The van der Waals surface area contributed by atoms with Gasteiger partial charge in [0.2, 0.25) is 10.0 Å². The molecule has 0 unspecified atom stereocenters. The summed E-state index contributed by atoms with van der Waals surface area (Å²) in [4.78, 5) is 10.1. The van der Waals surface area contributed by atoms with Crippen LogP contribution in [0.2, 0.25) is 0 Å². The minimum Gasteiger partial charge on any atom is -0.478 e. The van der Waals surface area contributed by atoms with E-state index in [0.29, 0.717) is 24.6 Å². The van der Waals surface area contributed by atoms with Gasteiger partial charge in [-0.3, -0.25) is 0 Å². The zero-order valence-corrected chi connectivity index (χ0v) is 16.4. The Bertz CT molecular complexity index is 1070. The first-order chi connectivity index (χ1) is 12.5. The van der Waals surface area contributed by atoms with Gasteiger partial charge in [-0.15, -0.1) is 0 Å². The van der Waals surface area contributed by atoms with Crippen molar-refractivity contribution in [3.8, 4) is 0 Å². The molecule has 0 aliphatic heterocycles. The molecule has 1 aromatic carbocycles. The number of carbonyl (C=O) groups is 1. The molecule has 0 bridgehead atoms. The van der Waals surface area contributed by atoms with Crippen LogP contribution in [0.3, 0.4) is 0 Å². The lowest BCUT2D eigenvalue weighted by Crippen LogP contribution is -2.25. The highest BCUT2D eigenvalue weighted by Gasteiger charge is 2.33. The van der Waals surface area contributed by atoms with Crippen LogP contribution in [0.4, 0.5) is 13.2 Å². The van der Waals surface area contributed by atoms with Gasteiger partial charge in [0.15, 0.2) is 0 Å². The quantitative estimate of drug-likeness (QED) is 0.592. The predicted octanol–water partition coefficient (Wildman–Crippen LogP) is 4.14. The topological polar surface area (TPSA) is 83.5 Å². The number of carboxylic acids is 1. The van der Waals surface area contributed by atoms with Crippen molar-refractivity contribution in [1.82, 2.24) is 4.72 Å². The summed E-state index contributed by atoms with van der Waals surface area (Å²) in [6, 6.07) is 7.83. The molecule has 0 atom stereocenters. The molecule has 0 fully saturated rings. The third-order valence-corrected chi connectivity index (χ3v) is 5.71. The maximum atomic E-state index is 12.6. The van der Waals surface area contributed by atoms with Gasteiger partial charge in [-0.2, -0.15) is 13.2 Å². The second kappa shape index (κ2) is 7.99. The molecule has 0 aromatic heterocycles. The molecule has 3 rings (SSSR count). The first-order valence-electron chi connectivity index (χ1n) is 7.71. The van der Waals surface area contributed by atoms with Crippen LogP contribution in [-0.4, -0.2) is 26.0 Å². The van der Waals surface area contributed by atoms with E-state index in [0.717, 1.165) is 0 Å². The molecule has 0 saturated carbocycles. The molecule has 0 radical (unpaired) electrons. The maximum absolute atomic E-state index is 12.6. The van der Waals surface area contributed by atoms with Crippen molar-refractivity contribution in [2.24, 2.45) is 0 Å². The number of nitrogens with one attached hydrogen (secondary N) is 1. The molecule has 5 nitrogen and oxygen atoms in total. The Morgan fingerprint density at radius 3 is 2.19 bits per heavy atom. The van der Waals surface area contributed by atoms with Gasteiger partial charge >= 0.3 is 12.1 Å². The molecule has 0 spiro atoms. The van der Waals surface area contributed by atoms with Crippen LogP contribution in [0.1, 0.15) is 29.3 Å². The van der Waals surface area contributed by atoms with Gasteiger partial charge in [0.1, 0.15) is 0 Å². The number of carboxylic acid groups (broad SMARTS) is 1. The van der Waals surface area contributed by atoms with E-state index in [9.17, 15) is 26.4 Å². The number of alkyl halides is 3. The highest BCUT2D eigenvalue weighted by molar-refractivity contribution is 9.10. The summed E-state index contributed by atoms with van der Waals surface area (Å²) >= 11 is 3.37. The van der Waals surface area contributed by atoms with Gasteiger partial charge < -0.3 is 5.11 Å². The van der Waals surface area contributed by atoms with E-state index in [1.807, 2.05) is 0 Å². The van der Waals surface area contributed by atoms with Crippen LogP contribution in [0.5, 0.6) is 0 Å². The van der Waals surface area contributed by atoms with Crippen LogP contribution >= 0.6 is 15.9 Å². The second-order valence-corrected chi connectivity index (χ2v) is 8.26. The summed E-state index contributed by atoms with van der Waals surface area (Å²) in [6.07, 6.45) is -4.38. The smallest absolute Gasteiger partial charge is 0.416 e. The van der Waals surface area contributed by atoms with E-state index < -0.39 is 38.2 Å². The van der Waals surface area contributed by atoms with Crippen LogP contribution in [0, 0.1) is 10.4 Å². The Labute approximate surface area is 161 Å². The van der Waals surface area contributed by atoms with Gasteiger partial charge in [0.05, 0.1) is 16.0 Å². The van der Waals surface area contributed by atoms with E-state index in [-0.39, 0.29) is 6.54 Å². The minimum atomic E-state index is -4.83. The fourth-order valence-electron chi connectivity index (χ4n) is 2.10. The van der Waals surface area contributed by atoms with Crippen molar-refractivity contribution >= 4 is 31.9 Å². The van der Waals surface area contributed by atoms with Crippen molar-refractivity contribution in [3.05, 3.63) is 62.4 Å². The van der Waals surface area contributed by atoms with E-state index in [1.165, 1.54) is 14.9 Å². The molecule has 1 aromatic rings. The summed E-state index contributed by atoms with van der Waals surface area (Å²) in [5.74, 6) is -1.64. The maximum Gasteiger partial charge on any atom is 0.416 e. The lowest BCUT2D eigenvalue weighted by atomic mass is 10.1. The van der Waals surface area contributed by atoms with E-state index in [1.54, 1.807) is 6.92 Å². The van der Waals surface area contributed by atoms with E-state index in [4.69, 9.17) is 5.11 Å². The van der Waals surface area contributed by atoms with Crippen LogP contribution in [0.25, 0.3) is 0 Å². The van der Waals surface area contributed by atoms with Crippen molar-refractivity contribution in [2.45, 2.75) is 24.4 Å². The number of benzene rings is 2. The second-order valence-electron chi connectivity index (χ2n) is 5.64. The third-order valence-electron chi connectivity index (χ3n) is 3.61. The summed E-state index contributed by atoms with van der Waals surface area (Å²) < 4.78 is 64.8. The summed E-state index contributed by atoms with van der Waals surface area (Å²) in [5, 5.41) is 11.5. The minimum absolute atomic E-state index is 0.0426. The molecular formula is C17H15BrF3NO4S. The average molecular weight is 466 g/mol. The molecule has 10 heteroatoms. The Hall–Kier alpha value is -1.91. The number of aromatic carboxylic acids is 1. The Balaban J connectivity index is 0.000000304. The Morgan fingerprint density at radius 1 is 1.19 bits per heavy atom. The van der Waals surface area contributed by atoms with Crippen molar-refractivity contribution in [1.29, 1.82) is 0 Å². The molecule has 0 heterocycles. The summed E-state index contributed by atoms with van der Waals surface area (Å²) in [6.45, 7) is 1.72. The number of sulfonamides is 1. The van der Waals surface area contributed by atoms with Crippen LogP contribution in [0.15, 0.2) is 45.8 Å². The number of hydrogen-bond acceptors (Lipinski definition) is 3. The zero-order chi connectivity index (χ0) is 20.4. The predicted molar refractivity (Wildman–Crippen MR) is 95.7 cm³/mol. The van der Waals surface area contributed by atoms with Crippen LogP contribution < -0.4 is 4.72 Å². The number of hydrogen-bond donors (Lipinski definition) is 2. The van der Waals surface area contributed by atoms with Crippen LogP contribution in [-0.2, 0) is 16.2 Å². The summed E-state index contributed by atoms with van der Waals surface area (Å²) in [7, 11) is -4.17. The van der Waals surface area contributed by atoms with Crippen molar-refractivity contribution in [2.75, 3.05) is 6.54 Å². The van der Waals surface area contributed by atoms with E-state index >= 15 is 0 Å². The Morgan fingerprint density at radius 2 is 1.85 bits per heavy atom. The number of halogens is 4. The molecule has 2 aliphatic rings. The molecule has 0 saturated heterocycles. The van der Waals surface area contributed by atoms with E-state index in [2.05, 4.69) is 38.9 Å². The van der Waals surface area contributed by atoms with Gasteiger partial charge in [-0.1, -0.05) is 35.0 Å². The monoisotopic (exact) mass is 465 g/mol. The molecule has 27 heavy (non-hydrogen) atoms. The normalized spacial score (nSPS) is 12.2. The molecule has 0 amide bonds. The molecule has 2 aliphatic carbocycles. The largest absolute Gasteiger partial charge is 0.478 e. The molecule has 146 valence electrons. The first kappa shape index (κ1) is 21.4. The van der Waals surface area contributed by atoms with Gasteiger partial charge in [-0.05, 0) is 41.1 Å². The fourth-order valence-corrected chi connectivity index (χ4v) is 3.92. The molecule has 2 N–H and O–H groups in total. The third kappa shape index (κ3) is 5.08. The highest BCUT2D eigenvalue weighted by atomic mass is 79.9.